The zero-order valence-corrected chi connectivity index (χ0v) is 15.0. The van der Waals surface area contributed by atoms with E-state index >= 15 is 0 Å². The summed E-state index contributed by atoms with van der Waals surface area (Å²) in [5.41, 5.74) is 3.86. The summed E-state index contributed by atoms with van der Waals surface area (Å²) >= 11 is 0. The molecule has 0 aliphatic heterocycles. The monoisotopic (exact) mass is 361 g/mol. The van der Waals surface area contributed by atoms with Gasteiger partial charge in [0.25, 0.3) is 5.56 Å². The Hall–Kier alpha value is -3.38. The highest BCUT2D eigenvalue weighted by Gasteiger charge is 2.16. The van der Waals surface area contributed by atoms with Crippen molar-refractivity contribution in [1.29, 1.82) is 0 Å². The highest BCUT2D eigenvalue weighted by Crippen LogP contribution is 2.30. The van der Waals surface area contributed by atoms with Gasteiger partial charge in [0.1, 0.15) is 5.52 Å². The average molecular weight is 361 g/mol. The van der Waals surface area contributed by atoms with Gasteiger partial charge in [-0.3, -0.25) is 4.79 Å². The van der Waals surface area contributed by atoms with E-state index in [0.29, 0.717) is 16.3 Å². The van der Waals surface area contributed by atoms with Crippen molar-refractivity contribution >= 4 is 27.8 Å². The molecule has 2 aromatic carbocycles. The van der Waals surface area contributed by atoms with E-state index in [2.05, 4.69) is 27.0 Å². The summed E-state index contributed by atoms with van der Waals surface area (Å²) in [6.45, 7) is 0.833. The van der Waals surface area contributed by atoms with E-state index in [-0.39, 0.29) is 16.6 Å². The molecule has 0 fully saturated rings. The van der Waals surface area contributed by atoms with Crippen LogP contribution in [0, 0.1) is 0 Å². The van der Waals surface area contributed by atoms with E-state index in [9.17, 15) is 14.7 Å². The average Bonchev–Trinajstić information content (AvgIpc) is 3.07. The third kappa shape index (κ3) is 3.00. The number of pyridine rings is 1. The number of rotatable bonds is 4. The SMILES string of the molecule is CN(C)Cc1cccc(-c2ccc3[nH]c(=O)c4[nH]cc(C(=O)O)c4c3c2)c1. The summed E-state index contributed by atoms with van der Waals surface area (Å²) in [7, 11) is 4.05. The molecule has 6 heteroatoms. The fraction of sp³-hybridized carbons (Fsp3) is 0.143. The number of fused-ring (bicyclic) bond motifs is 3. The normalized spacial score (nSPS) is 11.5. The van der Waals surface area contributed by atoms with Crippen molar-refractivity contribution in [2.45, 2.75) is 6.54 Å². The van der Waals surface area contributed by atoms with Gasteiger partial charge in [0.05, 0.1) is 5.56 Å². The lowest BCUT2D eigenvalue weighted by molar-refractivity contribution is 0.0699. The topological polar surface area (TPSA) is 89.2 Å². The number of aromatic amines is 2. The first-order valence-corrected chi connectivity index (χ1v) is 8.58. The molecule has 0 spiro atoms. The number of aromatic nitrogens is 2. The van der Waals surface area contributed by atoms with Crippen LogP contribution in [0.5, 0.6) is 0 Å². The molecule has 0 unspecified atom stereocenters. The van der Waals surface area contributed by atoms with Crippen LogP contribution in [-0.4, -0.2) is 40.0 Å². The molecule has 2 aromatic heterocycles. The van der Waals surface area contributed by atoms with Crippen molar-refractivity contribution in [3.8, 4) is 11.1 Å². The Morgan fingerprint density at radius 1 is 1.11 bits per heavy atom. The Balaban J connectivity index is 1.96. The quantitative estimate of drug-likeness (QED) is 0.519. The molecule has 27 heavy (non-hydrogen) atoms. The number of H-pyrrole nitrogens is 2. The molecule has 3 N–H and O–H groups in total. The number of nitrogens with one attached hydrogen (secondary N) is 2. The Morgan fingerprint density at radius 3 is 2.63 bits per heavy atom. The van der Waals surface area contributed by atoms with Crippen LogP contribution >= 0.6 is 0 Å². The van der Waals surface area contributed by atoms with E-state index in [1.165, 1.54) is 11.8 Å². The molecule has 4 aromatic rings. The van der Waals surface area contributed by atoms with Gasteiger partial charge in [-0.05, 0) is 49.0 Å². The molecule has 0 amide bonds. The van der Waals surface area contributed by atoms with Gasteiger partial charge in [0.2, 0.25) is 0 Å². The fourth-order valence-electron chi connectivity index (χ4n) is 3.49. The fourth-order valence-corrected chi connectivity index (χ4v) is 3.49. The Morgan fingerprint density at radius 2 is 1.89 bits per heavy atom. The second kappa shape index (κ2) is 6.41. The van der Waals surface area contributed by atoms with Crippen LogP contribution in [0.3, 0.4) is 0 Å². The van der Waals surface area contributed by atoms with Crippen LogP contribution in [0.2, 0.25) is 0 Å². The van der Waals surface area contributed by atoms with Gasteiger partial charge >= 0.3 is 5.97 Å². The Labute approximate surface area is 155 Å². The number of carboxylic acid groups (broad SMARTS) is 1. The number of carboxylic acids is 1. The zero-order valence-electron chi connectivity index (χ0n) is 15.0. The van der Waals surface area contributed by atoms with Crippen LogP contribution < -0.4 is 5.56 Å². The smallest absolute Gasteiger partial charge is 0.337 e. The first kappa shape index (κ1) is 17.1. The molecule has 0 saturated heterocycles. The summed E-state index contributed by atoms with van der Waals surface area (Å²) in [5, 5.41) is 10.6. The van der Waals surface area contributed by atoms with Crippen molar-refractivity contribution in [3.05, 3.63) is 70.1 Å². The first-order valence-electron chi connectivity index (χ1n) is 8.58. The molecule has 0 aliphatic rings. The van der Waals surface area contributed by atoms with E-state index in [4.69, 9.17) is 0 Å². The predicted molar refractivity (Wildman–Crippen MR) is 106 cm³/mol. The number of nitrogens with zero attached hydrogens (tertiary/aromatic N) is 1. The lowest BCUT2D eigenvalue weighted by Gasteiger charge is -2.11. The van der Waals surface area contributed by atoms with Crippen LogP contribution in [-0.2, 0) is 6.54 Å². The lowest BCUT2D eigenvalue weighted by Crippen LogP contribution is -2.10. The molecule has 2 heterocycles. The highest BCUT2D eigenvalue weighted by atomic mass is 16.4. The van der Waals surface area contributed by atoms with Crippen LogP contribution in [0.1, 0.15) is 15.9 Å². The molecule has 0 atom stereocenters. The molecule has 6 nitrogen and oxygen atoms in total. The second-order valence-corrected chi connectivity index (χ2v) is 6.91. The number of hydrogen-bond acceptors (Lipinski definition) is 3. The summed E-state index contributed by atoms with van der Waals surface area (Å²) in [5.74, 6) is -1.06. The van der Waals surface area contributed by atoms with Gasteiger partial charge in [-0.25, -0.2) is 4.79 Å². The minimum absolute atomic E-state index is 0.0969. The van der Waals surface area contributed by atoms with Crippen molar-refractivity contribution in [2.24, 2.45) is 0 Å². The molecule has 136 valence electrons. The van der Waals surface area contributed by atoms with Gasteiger partial charge in [-0.2, -0.15) is 0 Å². The van der Waals surface area contributed by atoms with Crippen molar-refractivity contribution in [1.82, 2.24) is 14.9 Å². The summed E-state index contributed by atoms with van der Waals surface area (Å²) in [6.07, 6.45) is 1.37. The van der Waals surface area contributed by atoms with E-state index in [1.807, 2.05) is 44.4 Å². The second-order valence-electron chi connectivity index (χ2n) is 6.91. The Kier molecular flexibility index (Phi) is 4.05. The molecule has 0 aliphatic carbocycles. The van der Waals surface area contributed by atoms with E-state index in [1.54, 1.807) is 0 Å². The molecular formula is C21H19N3O3. The van der Waals surface area contributed by atoms with E-state index in [0.717, 1.165) is 17.7 Å². The van der Waals surface area contributed by atoms with Gasteiger partial charge in [0.15, 0.2) is 0 Å². The summed E-state index contributed by atoms with van der Waals surface area (Å²) in [4.78, 5) is 31.6. The highest BCUT2D eigenvalue weighted by molar-refractivity contribution is 6.15. The summed E-state index contributed by atoms with van der Waals surface area (Å²) < 4.78 is 0. The third-order valence-corrected chi connectivity index (χ3v) is 4.63. The molecular weight excluding hydrogens is 342 g/mol. The predicted octanol–water partition coefficient (Wildman–Crippen LogP) is 3.44. The zero-order chi connectivity index (χ0) is 19.1. The van der Waals surface area contributed by atoms with Gasteiger partial charge in [-0.15, -0.1) is 0 Å². The number of carbonyl (C=O) groups is 1. The molecule has 0 bridgehead atoms. The van der Waals surface area contributed by atoms with Crippen molar-refractivity contribution < 1.29 is 9.90 Å². The van der Waals surface area contributed by atoms with E-state index < -0.39 is 5.97 Å². The summed E-state index contributed by atoms with van der Waals surface area (Å²) in [6, 6.07) is 13.9. The molecule has 0 saturated carbocycles. The number of aromatic carboxylic acids is 1. The maximum Gasteiger partial charge on any atom is 0.337 e. The van der Waals surface area contributed by atoms with Crippen LogP contribution in [0.15, 0.2) is 53.5 Å². The molecule has 0 radical (unpaired) electrons. The maximum absolute atomic E-state index is 12.2. The standard InChI is InChI=1S/C21H19N3O3/c1-24(2)11-12-4-3-5-13(8-12)14-6-7-17-15(9-14)18-16(21(26)27)10-22-19(18)20(25)23-17/h3-10,22H,11H2,1-2H3,(H,23,25)(H,26,27). The lowest BCUT2D eigenvalue weighted by atomic mass is 9.99. The van der Waals surface area contributed by atoms with Gasteiger partial charge in [0, 0.05) is 29.0 Å². The number of benzene rings is 2. The number of hydrogen-bond donors (Lipinski definition) is 3. The minimum atomic E-state index is -1.06. The van der Waals surface area contributed by atoms with Gasteiger partial charge in [-0.1, -0.05) is 24.3 Å². The Bertz CT molecular complexity index is 1230. The van der Waals surface area contributed by atoms with Gasteiger partial charge < -0.3 is 20.0 Å². The van der Waals surface area contributed by atoms with Crippen molar-refractivity contribution in [3.63, 3.8) is 0 Å². The van der Waals surface area contributed by atoms with Crippen LogP contribution in [0.25, 0.3) is 32.9 Å². The largest absolute Gasteiger partial charge is 0.478 e. The molecule has 4 rings (SSSR count). The minimum Gasteiger partial charge on any atom is -0.478 e. The van der Waals surface area contributed by atoms with Crippen LogP contribution in [0.4, 0.5) is 0 Å². The first-order chi connectivity index (χ1) is 12.9. The van der Waals surface area contributed by atoms with Crippen molar-refractivity contribution in [2.75, 3.05) is 14.1 Å². The third-order valence-electron chi connectivity index (χ3n) is 4.63. The maximum atomic E-state index is 12.2.